The van der Waals surface area contributed by atoms with Gasteiger partial charge in [0.25, 0.3) is 0 Å². The van der Waals surface area contributed by atoms with Crippen LogP contribution in [0.5, 0.6) is 0 Å². The Morgan fingerprint density at radius 1 is 1.06 bits per heavy atom. The quantitative estimate of drug-likeness (QED) is 0.398. The van der Waals surface area contributed by atoms with Gasteiger partial charge in [0, 0.05) is 65.1 Å². The summed E-state index contributed by atoms with van der Waals surface area (Å²) in [5.74, 6) is 0. The molecule has 5 aromatic rings. The topological polar surface area (TPSA) is 77.6 Å². The van der Waals surface area contributed by atoms with Crippen LogP contribution in [0.4, 0.5) is 5.13 Å². The lowest BCUT2D eigenvalue weighted by atomic mass is 9.97. The van der Waals surface area contributed by atoms with Crippen LogP contribution in [-0.4, -0.2) is 27.9 Å². The van der Waals surface area contributed by atoms with Crippen molar-refractivity contribution in [1.82, 2.24) is 23.7 Å². The molecule has 1 atom stereocenters. The molecule has 0 saturated heterocycles. The maximum absolute atomic E-state index is 12.7. The van der Waals surface area contributed by atoms with Gasteiger partial charge in [-0.25, -0.2) is 9.19 Å². The van der Waals surface area contributed by atoms with Gasteiger partial charge in [0.2, 0.25) is 5.13 Å². The number of hydrogen-bond donors (Lipinski definition) is 1. The molecule has 1 N–H and O–H groups in total. The third kappa shape index (κ3) is 3.65. The van der Waals surface area contributed by atoms with Crippen LogP contribution >= 0.6 is 23.1 Å². The molecule has 3 aromatic heterocycles. The highest BCUT2D eigenvalue weighted by Gasteiger charge is 2.17. The fraction of sp³-hybridized carbons (Fsp3) is 0.0952. The smallest absolute Gasteiger partial charge is 0.214 e. The molecule has 10 heteroatoms. The Bertz CT molecular complexity index is 1420. The molecule has 0 saturated carbocycles. The molecule has 7 nitrogen and oxygen atoms in total. The van der Waals surface area contributed by atoms with Gasteiger partial charge in [0.05, 0.1) is 10.6 Å². The second kappa shape index (κ2) is 7.92. The second-order valence-corrected chi connectivity index (χ2v) is 9.41. The van der Waals surface area contributed by atoms with Gasteiger partial charge in [-0.1, -0.05) is 23.7 Å². The Kier molecular flexibility index (Phi) is 5.09. The third-order valence-electron chi connectivity index (χ3n) is 5.09. The number of halogens is 1. The zero-order valence-corrected chi connectivity index (χ0v) is 19.0. The van der Waals surface area contributed by atoms with E-state index in [0.29, 0.717) is 15.0 Å². The van der Waals surface area contributed by atoms with Gasteiger partial charge in [-0.15, -0.1) is 0 Å². The van der Waals surface area contributed by atoms with E-state index in [1.165, 1.54) is 17.9 Å². The van der Waals surface area contributed by atoms with Crippen LogP contribution in [0.2, 0.25) is 5.02 Å². The predicted molar refractivity (Wildman–Crippen MR) is 126 cm³/mol. The number of aromatic nitrogens is 5. The highest BCUT2D eigenvalue weighted by Crippen LogP contribution is 2.38. The number of nitrogens with zero attached hydrogens (tertiary/aromatic N) is 5. The molecule has 0 fully saturated rings. The minimum Gasteiger partial charge on any atom is -0.350 e. The number of hydrogen-bond acceptors (Lipinski definition) is 5. The molecular formula is C21H17ClN6OS2. The molecule has 0 aliphatic carbocycles. The molecule has 0 amide bonds. The molecule has 156 valence electrons. The monoisotopic (exact) mass is 468 g/mol. The van der Waals surface area contributed by atoms with Crippen molar-refractivity contribution in [2.75, 3.05) is 4.72 Å². The average molecular weight is 469 g/mol. The van der Waals surface area contributed by atoms with Crippen molar-refractivity contribution in [1.29, 1.82) is 0 Å². The van der Waals surface area contributed by atoms with Gasteiger partial charge in [-0.05, 0) is 35.9 Å². The molecule has 3 heterocycles. The largest absolute Gasteiger partial charge is 0.350 e. The zero-order valence-electron chi connectivity index (χ0n) is 16.6. The van der Waals surface area contributed by atoms with Crippen molar-refractivity contribution < 1.29 is 4.21 Å². The first-order chi connectivity index (χ1) is 15.0. The van der Waals surface area contributed by atoms with Gasteiger partial charge in [0.15, 0.2) is 11.0 Å². The van der Waals surface area contributed by atoms with E-state index in [4.69, 9.17) is 11.6 Å². The summed E-state index contributed by atoms with van der Waals surface area (Å²) in [6, 6.07) is 13.7. The SMILES string of the molecule is Cn1nccc1-c1cc(Cl)ccc1-c1cn(C)c2cc(S(=O)Nc3ncns3)ccc12. The van der Waals surface area contributed by atoms with Gasteiger partial charge in [-0.3, -0.25) is 9.40 Å². The van der Waals surface area contributed by atoms with E-state index in [1.807, 2.05) is 65.8 Å². The van der Waals surface area contributed by atoms with E-state index in [0.717, 1.165) is 33.3 Å². The summed E-state index contributed by atoms with van der Waals surface area (Å²) in [6.45, 7) is 0. The highest BCUT2D eigenvalue weighted by molar-refractivity contribution is 7.86. The van der Waals surface area contributed by atoms with Crippen LogP contribution in [0.25, 0.3) is 33.3 Å². The van der Waals surface area contributed by atoms with Gasteiger partial charge in [0.1, 0.15) is 6.33 Å². The summed E-state index contributed by atoms with van der Waals surface area (Å²) >= 11 is 7.49. The van der Waals surface area contributed by atoms with Crippen molar-refractivity contribution in [3.8, 4) is 22.4 Å². The maximum Gasteiger partial charge on any atom is 0.214 e. The number of aryl methyl sites for hydroxylation is 2. The zero-order chi connectivity index (χ0) is 21.5. The van der Waals surface area contributed by atoms with Crippen LogP contribution in [-0.2, 0) is 25.1 Å². The van der Waals surface area contributed by atoms with E-state index >= 15 is 0 Å². The van der Waals surface area contributed by atoms with Crippen molar-refractivity contribution >= 4 is 50.2 Å². The molecule has 0 aliphatic heterocycles. The van der Waals surface area contributed by atoms with E-state index in [-0.39, 0.29) is 0 Å². The molecule has 1 unspecified atom stereocenters. The summed E-state index contributed by atoms with van der Waals surface area (Å²) in [5.41, 5.74) is 5.09. The van der Waals surface area contributed by atoms with Gasteiger partial charge >= 0.3 is 0 Å². The van der Waals surface area contributed by atoms with Crippen LogP contribution in [0.3, 0.4) is 0 Å². The van der Waals surface area contributed by atoms with E-state index in [1.54, 1.807) is 6.20 Å². The highest BCUT2D eigenvalue weighted by atomic mass is 35.5. The fourth-order valence-corrected chi connectivity index (χ4v) is 5.23. The number of rotatable bonds is 5. The summed E-state index contributed by atoms with van der Waals surface area (Å²) in [5, 5.41) is 6.55. The normalized spacial score (nSPS) is 12.4. The Morgan fingerprint density at radius 2 is 1.94 bits per heavy atom. The average Bonchev–Trinajstić information content (AvgIpc) is 3.49. The minimum atomic E-state index is -1.43. The lowest BCUT2D eigenvalue weighted by molar-refractivity contribution is 0.686. The molecule has 0 radical (unpaired) electrons. The molecule has 2 aromatic carbocycles. The van der Waals surface area contributed by atoms with Gasteiger partial charge in [-0.2, -0.15) is 9.47 Å². The van der Waals surface area contributed by atoms with E-state index in [2.05, 4.69) is 25.4 Å². The van der Waals surface area contributed by atoms with Gasteiger partial charge < -0.3 is 4.57 Å². The lowest BCUT2D eigenvalue weighted by Gasteiger charge is -2.10. The number of nitrogens with one attached hydrogen (secondary N) is 1. The van der Waals surface area contributed by atoms with Crippen molar-refractivity contribution in [2.45, 2.75) is 4.90 Å². The Balaban J connectivity index is 1.61. The molecule has 0 aliphatic rings. The molecular weight excluding hydrogens is 452 g/mol. The first-order valence-corrected chi connectivity index (χ1v) is 11.6. The summed E-state index contributed by atoms with van der Waals surface area (Å²) in [7, 11) is 2.46. The molecule has 0 bridgehead atoms. The van der Waals surface area contributed by atoms with Crippen molar-refractivity contribution in [3.63, 3.8) is 0 Å². The lowest BCUT2D eigenvalue weighted by Crippen LogP contribution is -2.04. The summed E-state index contributed by atoms with van der Waals surface area (Å²) in [6.07, 6.45) is 5.29. The Morgan fingerprint density at radius 3 is 2.68 bits per heavy atom. The first kappa shape index (κ1) is 19.9. The minimum absolute atomic E-state index is 0.521. The van der Waals surface area contributed by atoms with E-state index in [9.17, 15) is 4.21 Å². The third-order valence-corrected chi connectivity index (χ3v) is 7.09. The summed E-state index contributed by atoms with van der Waals surface area (Å²) < 4.78 is 23.4. The number of anilines is 1. The number of benzene rings is 2. The van der Waals surface area contributed by atoms with Crippen LogP contribution in [0.15, 0.2) is 66.1 Å². The van der Waals surface area contributed by atoms with Crippen LogP contribution in [0, 0.1) is 0 Å². The maximum atomic E-state index is 12.7. The standard InChI is InChI=1S/C21H17ClN6OS2/c1-27-11-18(15-5-3-13(22)9-17(15)19-7-8-24-28(19)2)16-6-4-14(10-20(16)27)31(29)26-21-23-12-25-30-21/h3-12H,1-2H3,(H,23,25,26). The Labute approximate surface area is 190 Å². The summed E-state index contributed by atoms with van der Waals surface area (Å²) in [4.78, 5) is 4.70. The molecule has 31 heavy (non-hydrogen) atoms. The van der Waals surface area contributed by atoms with Crippen molar-refractivity contribution in [2.24, 2.45) is 14.1 Å². The Hall–Kier alpha value is -3.01. The van der Waals surface area contributed by atoms with Crippen LogP contribution < -0.4 is 4.72 Å². The van der Waals surface area contributed by atoms with Crippen LogP contribution in [0.1, 0.15) is 0 Å². The molecule has 0 spiro atoms. The molecule has 5 rings (SSSR count). The number of fused-ring (bicyclic) bond motifs is 1. The van der Waals surface area contributed by atoms with E-state index < -0.39 is 11.0 Å². The predicted octanol–water partition coefficient (Wildman–Crippen LogP) is 4.89. The first-order valence-electron chi connectivity index (χ1n) is 9.34. The second-order valence-electron chi connectivity index (χ2n) is 6.98. The van der Waals surface area contributed by atoms with Crippen molar-refractivity contribution in [3.05, 3.63) is 66.2 Å². The fourth-order valence-electron chi connectivity index (χ4n) is 3.65.